The van der Waals surface area contributed by atoms with Gasteiger partial charge in [0.1, 0.15) is 5.75 Å². The van der Waals surface area contributed by atoms with Crippen LogP contribution in [0.5, 0.6) is 5.75 Å². The summed E-state index contributed by atoms with van der Waals surface area (Å²) >= 11 is 9.37. The zero-order valence-corrected chi connectivity index (χ0v) is 18.5. The lowest BCUT2D eigenvalue weighted by Gasteiger charge is -2.19. The molecule has 8 heteroatoms. The fraction of sp³-hybridized carbons (Fsp3) is 0.190. The van der Waals surface area contributed by atoms with Gasteiger partial charge in [0.25, 0.3) is 5.91 Å². The number of aryl methyl sites for hydroxylation is 1. The Morgan fingerprint density at radius 3 is 2.55 bits per heavy atom. The maximum Gasteiger partial charge on any atom is 0.278 e. The Morgan fingerprint density at radius 1 is 1.21 bits per heavy atom. The number of ether oxygens (including phenoxy) is 1. The van der Waals surface area contributed by atoms with Crippen molar-refractivity contribution in [3.63, 3.8) is 0 Å². The second-order valence-electron chi connectivity index (χ2n) is 6.50. The van der Waals surface area contributed by atoms with Crippen molar-refractivity contribution in [2.75, 3.05) is 14.2 Å². The van der Waals surface area contributed by atoms with Crippen molar-refractivity contribution in [1.29, 1.82) is 0 Å². The summed E-state index contributed by atoms with van der Waals surface area (Å²) in [6.45, 7) is 2.02. The lowest BCUT2D eigenvalue weighted by atomic mass is 10.2. The van der Waals surface area contributed by atoms with Crippen LogP contribution in [0.2, 0.25) is 5.02 Å². The fourth-order valence-electron chi connectivity index (χ4n) is 2.92. The van der Waals surface area contributed by atoms with E-state index in [0.29, 0.717) is 22.2 Å². The van der Waals surface area contributed by atoms with Gasteiger partial charge in [0, 0.05) is 40.4 Å². The van der Waals surface area contributed by atoms with Gasteiger partial charge < -0.3 is 9.64 Å². The highest BCUT2D eigenvalue weighted by Crippen LogP contribution is 2.24. The van der Waals surface area contributed by atoms with Gasteiger partial charge in [0.15, 0.2) is 5.69 Å². The third-order valence-electron chi connectivity index (χ3n) is 4.38. The molecule has 0 spiro atoms. The van der Waals surface area contributed by atoms with Crippen LogP contribution < -0.4 is 10.2 Å². The summed E-state index contributed by atoms with van der Waals surface area (Å²) in [5.41, 5.74) is 1.55. The number of carbonyl (C=O) groups excluding carboxylic acids is 1. The molecule has 0 aliphatic carbocycles. The van der Waals surface area contributed by atoms with Crippen LogP contribution in [0.3, 0.4) is 0 Å². The third-order valence-corrected chi connectivity index (χ3v) is 5.12. The summed E-state index contributed by atoms with van der Waals surface area (Å²) in [6, 6.07) is 14.0. The number of rotatable bonds is 5. The number of aromatic nitrogens is 2. The van der Waals surface area contributed by atoms with E-state index in [2.05, 4.69) is 21.0 Å². The van der Waals surface area contributed by atoms with Crippen LogP contribution in [0, 0.1) is 6.92 Å². The maximum absolute atomic E-state index is 13.0. The van der Waals surface area contributed by atoms with Crippen molar-refractivity contribution in [3.8, 4) is 11.4 Å². The topological polar surface area (TPSA) is 64.4 Å². The molecule has 1 aromatic heterocycles. The van der Waals surface area contributed by atoms with Gasteiger partial charge in [-0.3, -0.25) is 9.59 Å². The Bertz CT molecular complexity index is 1110. The van der Waals surface area contributed by atoms with Crippen LogP contribution in [-0.4, -0.2) is 34.7 Å². The van der Waals surface area contributed by atoms with E-state index in [4.69, 9.17) is 16.3 Å². The van der Waals surface area contributed by atoms with E-state index < -0.39 is 11.3 Å². The first kappa shape index (κ1) is 21.1. The van der Waals surface area contributed by atoms with Crippen LogP contribution in [0.1, 0.15) is 21.7 Å². The van der Waals surface area contributed by atoms with E-state index in [1.54, 1.807) is 50.0 Å². The van der Waals surface area contributed by atoms with Crippen molar-refractivity contribution >= 4 is 33.4 Å². The molecule has 3 rings (SSSR count). The van der Waals surface area contributed by atoms with Gasteiger partial charge in [0.05, 0.1) is 12.8 Å². The fourth-order valence-corrected chi connectivity index (χ4v) is 3.45. The SMILES string of the molecule is COc1ccc(Br)cc1CN(C)C(=O)c1nn(-c2ccc(Cl)cc2)c(C)cc1=O. The molecule has 0 saturated carbocycles. The first-order valence-corrected chi connectivity index (χ1v) is 9.92. The molecule has 0 N–H and O–H groups in total. The Morgan fingerprint density at radius 2 is 1.90 bits per heavy atom. The Balaban J connectivity index is 1.94. The number of amides is 1. The van der Waals surface area contributed by atoms with Gasteiger partial charge in [-0.1, -0.05) is 27.5 Å². The van der Waals surface area contributed by atoms with Crippen LogP contribution in [0.15, 0.2) is 57.8 Å². The normalized spacial score (nSPS) is 10.7. The van der Waals surface area contributed by atoms with Gasteiger partial charge >= 0.3 is 0 Å². The lowest BCUT2D eigenvalue weighted by Crippen LogP contribution is -2.33. The average Bonchev–Trinajstić information content (AvgIpc) is 2.68. The van der Waals surface area contributed by atoms with Gasteiger partial charge in [-0.25, -0.2) is 4.68 Å². The minimum absolute atomic E-state index is 0.151. The third kappa shape index (κ3) is 4.68. The van der Waals surface area contributed by atoms with Crippen LogP contribution in [0.4, 0.5) is 0 Å². The molecule has 0 unspecified atom stereocenters. The molecule has 3 aromatic rings. The minimum Gasteiger partial charge on any atom is -0.496 e. The van der Waals surface area contributed by atoms with E-state index in [1.165, 1.54) is 11.0 Å². The van der Waals surface area contributed by atoms with Crippen molar-refractivity contribution in [2.24, 2.45) is 0 Å². The van der Waals surface area contributed by atoms with Crippen LogP contribution in [0.25, 0.3) is 5.69 Å². The monoisotopic (exact) mass is 475 g/mol. The van der Waals surface area contributed by atoms with Gasteiger partial charge in [-0.05, 0) is 49.4 Å². The molecule has 0 saturated heterocycles. The smallest absolute Gasteiger partial charge is 0.278 e. The van der Waals surface area contributed by atoms with Crippen molar-refractivity contribution in [2.45, 2.75) is 13.5 Å². The Hall–Kier alpha value is -2.64. The summed E-state index contributed by atoms with van der Waals surface area (Å²) in [4.78, 5) is 26.9. The highest BCUT2D eigenvalue weighted by Gasteiger charge is 2.20. The molecule has 0 atom stereocenters. The molecule has 29 heavy (non-hydrogen) atoms. The molecule has 0 aliphatic rings. The number of carbonyl (C=O) groups is 1. The largest absolute Gasteiger partial charge is 0.496 e. The van der Waals surface area contributed by atoms with Gasteiger partial charge in [-0.2, -0.15) is 5.10 Å². The first-order chi connectivity index (χ1) is 13.8. The van der Waals surface area contributed by atoms with Crippen molar-refractivity contribution < 1.29 is 9.53 Å². The number of halogens is 2. The number of hydrogen-bond donors (Lipinski definition) is 0. The molecular formula is C21H19BrClN3O3. The summed E-state index contributed by atoms with van der Waals surface area (Å²) < 4.78 is 7.78. The van der Waals surface area contributed by atoms with E-state index >= 15 is 0 Å². The zero-order chi connectivity index (χ0) is 21.1. The van der Waals surface area contributed by atoms with Gasteiger partial charge in [0.2, 0.25) is 5.43 Å². The van der Waals surface area contributed by atoms with E-state index in [-0.39, 0.29) is 12.2 Å². The molecule has 0 fully saturated rings. The molecule has 1 amide bonds. The minimum atomic E-state index is -0.472. The van der Waals surface area contributed by atoms with Crippen LogP contribution >= 0.6 is 27.5 Å². The first-order valence-electron chi connectivity index (χ1n) is 8.75. The Kier molecular flexibility index (Phi) is 6.39. The maximum atomic E-state index is 13.0. The molecule has 0 aliphatic heterocycles. The molecule has 2 aromatic carbocycles. The van der Waals surface area contributed by atoms with Crippen molar-refractivity contribution in [1.82, 2.24) is 14.7 Å². The molecule has 0 radical (unpaired) electrons. The molecular weight excluding hydrogens is 458 g/mol. The van der Waals surface area contributed by atoms with E-state index in [9.17, 15) is 9.59 Å². The summed E-state index contributed by atoms with van der Waals surface area (Å²) in [5, 5.41) is 4.91. The summed E-state index contributed by atoms with van der Waals surface area (Å²) in [5.74, 6) is 0.183. The predicted molar refractivity (Wildman–Crippen MR) is 116 cm³/mol. The molecule has 150 valence electrons. The predicted octanol–water partition coefficient (Wildman–Crippen LogP) is 4.24. The van der Waals surface area contributed by atoms with E-state index in [0.717, 1.165) is 10.0 Å². The van der Waals surface area contributed by atoms with Crippen molar-refractivity contribution in [3.05, 3.63) is 85.2 Å². The van der Waals surface area contributed by atoms with Crippen LogP contribution in [-0.2, 0) is 6.54 Å². The second kappa shape index (κ2) is 8.80. The molecule has 6 nitrogen and oxygen atoms in total. The standard InChI is InChI=1S/C21H19BrClN3O3/c1-13-10-18(27)20(24-26(13)17-7-5-16(23)6-8-17)21(28)25(2)12-14-11-15(22)4-9-19(14)29-3/h4-11H,12H2,1-3H3. The lowest BCUT2D eigenvalue weighted by molar-refractivity contribution is 0.0775. The quantitative estimate of drug-likeness (QED) is 0.553. The molecule has 1 heterocycles. The number of methoxy groups -OCH3 is 1. The number of nitrogens with zero attached hydrogens (tertiary/aromatic N) is 3. The Labute approximate surface area is 181 Å². The second-order valence-corrected chi connectivity index (χ2v) is 7.86. The number of benzene rings is 2. The zero-order valence-electron chi connectivity index (χ0n) is 16.1. The average molecular weight is 477 g/mol. The van der Waals surface area contributed by atoms with E-state index in [1.807, 2.05) is 18.2 Å². The highest BCUT2D eigenvalue weighted by atomic mass is 79.9. The number of hydrogen-bond acceptors (Lipinski definition) is 4. The molecule has 0 bridgehead atoms. The highest BCUT2D eigenvalue weighted by molar-refractivity contribution is 9.10. The summed E-state index contributed by atoms with van der Waals surface area (Å²) in [6.07, 6.45) is 0. The summed E-state index contributed by atoms with van der Waals surface area (Å²) in [7, 11) is 3.19. The van der Waals surface area contributed by atoms with Gasteiger partial charge in [-0.15, -0.1) is 0 Å².